The molecule has 0 fully saturated rings. The average molecular weight is 524 g/mol. The SMILES string of the molecule is COc1cc2ncnc(-c3cn(CCO)nc3-c3ccccc3)c2nc1NC(=O)c1cnn(C(F)(F)F)c1. The Hall–Kier alpha value is -4.85. The summed E-state index contributed by atoms with van der Waals surface area (Å²) in [6, 6.07) is 10.9. The average Bonchev–Trinajstić information content (AvgIpc) is 3.57. The van der Waals surface area contributed by atoms with Gasteiger partial charge in [0.1, 0.15) is 23.2 Å². The number of benzene rings is 1. The fraction of sp³-hybridized carbons (Fsp3) is 0.167. The van der Waals surface area contributed by atoms with E-state index in [4.69, 9.17) is 4.74 Å². The van der Waals surface area contributed by atoms with Gasteiger partial charge in [0.25, 0.3) is 5.91 Å². The predicted octanol–water partition coefficient (Wildman–Crippen LogP) is 3.48. The molecule has 5 aromatic rings. The molecule has 0 aliphatic heterocycles. The van der Waals surface area contributed by atoms with E-state index >= 15 is 0 Å². The summed E-state index contributed by atoms with van der Waals surface area (Å²) in [4.78, 5) is 25.9. The molecule has 5 rings (SSSR count). The van der Waals surface area contributed by atoms with E-state index in [1.54, 1.807) is 10.9 Å². The largest absolute Gasteiger partial charge is 0.504 e. The van der Waals surface area contributed by atoms with E-state index in [0.717, 1.165) is 11.8 Å². The second-order valence-corrected chi connectivity index (χ2v) is 7.97. The Balaban J connectivity index is 1.60. The van der Waals surface area contributed by atoms with Crippen LogP contribution in [0, 0.1) is 0 Å². The molecule has 0 aliphatic rings. The number of hydrogen-bond acceptors (Lipinski definition) is 8. The molecule has 0 aliphatic carbocycles. The molecule has 0 saturated heterocycles. The van der Waals surface area contributed by atoms with Crippen LogP contribution in [0.2, 0.25) is 0 Å². The number of anilines is 1. The number of aromatic nitrogens is 7. The van der Waals surface area contributed by atoms with Crippen LogP contribution in [0.5, 0.6) is 5.75 Å². The molecule has 4 aromatic heterocycles. The minimum atomic E-state index is -4.76. The van der Waals surface area contributed by atoms with Gasteiger partial charge in [-0.2, -0.15) is 14.9 Å². The first-order valence-corrected chi connectivity index (χ1v) is 11.2. The number of aliphatic hydroxyl groups is 1. The summed E-state index contributed by atoms with van der Waals surface area (Å²) in [5, 5.41) is 19.7. The number of hydrogen-bond donors (Lipinski definition) is 2. The lowest BCUT2D eigenvalue weighted by Gasteiger charge is -2.12. The molecular weight excluding hydrogens is 505 g/mol. The van der Waals surface area contributed by atoms with Crippen LogP contribution < -0.4 is 10.1 Å². The zero-order valence-electron chi connectivity index (χ0n) is 19.7. The van der Waals surface area contributed by atoms with Crippen LogP contribution in [0.3, 0.4) is 0 Å². The molecule has 1 amide bonds. The fourth-order valence-corrected chi connectivity index (χ4v) is 3.79. The van der Waals surface area contributed by atoms with Crippen LogP contribution >= 0.6 is 0 Å². The third kappa shape index (κ3) is 4.76. The number of fused-ring (bicyclic) bond motifs is 1. The van der Waals surface area contributed by atoms with Crippen molar-refractivity contribution in [3.05, 3.63) is 66.9 Å². The number of amides is 1. The van der Waals surface area contributed by atoms with Crippen LogP contribution in [-0.4, -0.2) is 59.2 Å². The zero-order valence-corrected chi connectivity index (χ0v) is 19.7. The Morgan fingerprint density at radius 3 is 2.61 bits per heavy atom. The Labute approximate surface area is 212 Å². The quantitative estimate of drug-likeness (QED) is 0.331. The highest BCUT2D eigenvalue weighted by Gasteiger charge is 2.32. The lowest BCUT2D eigenvalue weighted by atomic mass is 10.0. The van der Waals surface area contributed by atoms with Gasteiger partial charge in [0.05, 0.1) is 37.5 Å². The first-order chi connectivity index (χ1) is 18.3. The van der Waals surface area contributed by atoms with E-state index in [1.165, 1.54) is 19.5 Å². The molecule has 0 unspecified atom stereocenters. The first-order valence-electron chi connectivity index (χ1n) is 11.2. The number of nitrogens with zero attached hydrogens (tertiary/aromatic N) is 7. The maximum absolute atomic E-state index is 12.9. The van der Waals surface area contributed by atoms with Crippen LogP contribution in [0.25, 0.3) is 33.5 Å². The van der Waals surface area contributed by atoms with Gasteiger partial charge in [-0.1, -0.05) is 30.3 Å². The lowest BCUT2D eigenvalue weighted by Crippen LogP contribution is -2.17. The maximum Gasteiger partial charge on any atom is 0.504 e. The number of nitrogens with one attached hydrogen (secondary N) is 1. The lowest BCUT2D eigenvalue weighted by molar-refractivity contribution is -0.212. The van der Waals surface area contributed by atoms with Crippen molar-refractivity contribution in [1.29, 1.82) is 0 Å². The number of rotatable bonds is 7. The molecule has 2 N–H and O–H groups in total. The molecule has 0 spiro atoms. The van der Waals surface area contributed by atoms with E-state index in [-0.39, 0.29) is 40.5 Å². The molecule has 11 nitrogen and oxygen atoms in total. The maximum atomic E-state index is 12.9. The van der Waals surface area contributed by atoms with Crippen LogP contribution in [0.1, 0.15) is 10.4 Å². The van der Waals surface area contributed by atoms with Gasteiger partial charge in [0.2, 0.25) is 0 Å². The molecule has 0 saturated carbocycles. The second-order valence-electron chi connectivity index (χ2n) is 7.97. The summed E-state index contributed by atoms with van der Waals surface area (Å²) >= 11 is 0. The van der Waals surface area contributed by atoms with E-state index in [2.05, 4.69) is 30.5 Å². The highest BCUT2D eigenvalue weighted by atomic mass is 19.4. The molecule has 0 atom stereocenters. The molecule has 38 heavy (non-hydrogen) atoms. The highest BCUT2D eigenvalue weighted by molar-refractivity contribution is 6.05. The molecular formula is C24H19F3N8O3. The summed E-state index contributed by atoms with van der Waals surface area (Å²) in [6.45, 7) is 0.118. The van der Waals surface area contributed by atoms with E-state index in [1.807, 2.05) is 30.3 Å². The van der Waals surface area contributed by atoms with Gasteiger partial charge in [0.15, 0.2) is 11.6 Å². The summed E-state index contributed by atoms with van der Waals surface area (Å²) in [7, 11) is 1.36. The van der Waals surface area contributed by atoms with E-state index in [0.29, 0.717) is 28.7 Å². The minimum Gasteiger partial charge on any atom is -0.493 e. The number of ether oxygens (including phenoxy) is 1. The molecule has 0 radical (unpaired) electrons. The van der Waals surface area contributed by atoms with Crippen molar-refractivity contribution >= 4 is 22.8 Å². The smallest absolute Gasteiger partial charge is 0.493 e. The van der Waals surface area contributed by atoms with Gasteiger partial charge >= 0.3 is 6.30 Å². The molecule has 4 heterocycles. The number of alkyl halides is 3. The summed E-state index contributed by atoms with van der Waals surface area (Å²) in [5.74, 6) is -0.785. The van der Waals surface area contributed by atoms with Crippen molar-refractivity contribution in [1.82, 2.24) is 34.5 Å². The van der Waals surface area contributed by atoms with Gasteiger partial charge < -0.3 is 15.2 Å². The van der Waals surface area contributed by atoms with Crippen molar-refractivity contribution in [2.24, 2.45) is 0 Å². The molecule has 14 heteroatoms. The minimum absolute atomic E-state index is 0.0511. The highest BCUT2D eigenvalue weighted by Crippen LogP contribution is 2.35. The standard InChI is InChI=1S/C24H19F3N8O3/c1-38-18-9-17-21(31-22(18)32-23(37)15-10-30-35(11-15)24(25,26)27)20(29-13-28-17)16-12-34(7-8-36)33-19(16)14-5-3-2-4-6-14/h2-6,9-13,36H,7-8H2,1H3,(H,31,32,37). The zero-order chi connectivity index (χ0) is 26.9. The monoisotopic (exact) mass is 524 g/mol. The third-order valence-corrected chi connectivity index (χ3v) is 5.52. The van der Waals surface area contributed by atoms with Crippen molar-refractivity contribution in [2.45, 2.75) is 12.8 Å². The van der Waals surface area contributed by atoms with Crippen molar-refractivity contribution in [3.8, 4) is 28.3 Å². The second kappa shape index (κ2) is 9.89. The van der Waals surface area contributed by atoms with Gasteiger partial charge in [-0.05, 0) is 0 Å². The number of carbonyl (C=O) groups excluding carboxylic acids is 1. The Morgan fingerprint density at radius 1 is 1.13 bits per heavy atom. The summed E-state index contributed by atoms with van der Waals surface area (Å²) in [5.41, 5.74) is 2.72. The fourth-order valence-electron chi connectivity index (χ4n) is 3.79. The normalized spacial score (nSPS) is 11.6. The van der Waals surface area contributed by atoms with Gasteiger partial charge in [0, 0.05) is 29.6 Å². The van der Waals surface area contributed by atoms with Gasteiger partial charge in [-0.3, -0.25) is 9.48 Å². The summed E-state index contributed by atoms with van der Waals surface area (Å²) in [6.07, 6.45) is -0.330. The van der Waals surface area contributed by atoms with Gasteiger partial charge in [-0.15, -0.1) is 13.2 Å². The first kappa shape index (κ1) is 24.8. The molecule has 0 bridgehead atoms. The Morgan fingerprint density at radius 2 is 1.92 bits per heavy atom. The van der Waals surface area contributed by atoms with Crippen LogP contribution in [0.4, 0.5) is 19.0 Å². The van der Waals surface area contributed by atoms with E-state index < -0.39 is 12.2 Å². The Bertz CT molecular complexity index is 1620. The number of halogens is 3. The molecule has 1 aromatic carbocycles. The van der Waals surface area contributed by atoms with Crippen molar-refractivity contribution in [3.63, 3.8) is 0 Å². The topological polar surface area (TPSA) is 133 Å². The number of pyridine rings is 1. The number of carbonyl (C=O) groups is 1. The third-order valence-electron chi connectivity index (χ3n) is 5.52. The predicted molar refractivity (Wildman–Crippen MR) is 129 cm³/mol. The number of aliphatic hydroxyl groups excluding tert-OH is 1. The number of methoxy groups -OCH3 is 1. The van der Waals surface area contributed by atoms with Crippen molar-refractivity contribution in [2.75, 3.05) is 19.0 Å². The Kier molecular flexibility index (Phi) is 6.46. The summed E-state index contributed by atoms with van der Waals surface area (Å²) < 4.78 is 45.3. The van der Waals surface area contributed by atoms with Crippen LogP contribution in [-0.2, 0) is 12.8 Å². The molecule has 194 valence electrons. The van der Waals surface area contributed by atoms with Crippen LogP contribution in [0.15, 0.2) is 61.3 Å². The van der Waals surface area contributed by atoms with Crippen molar-refractivity contribution < 1.29 is 27.8 Å². The van der Waals surface area contributed by atoms with Gasteiger partial charge in [-0.25, -0.2) is 15.0 Å². The van der Waals surface area contributed by atoms with E-state index in [9.17, 15) is 23.1 Å².